The number of aryl methyl sites for hydroxylation is 19. The van der Waals surface area contributed by atoms with Crippen LogP contribution in [-0.2, 0) is 44.9 Å². The standard InChI is InChI=1S/4C16H17N.2C15H15N.C14H13N/c1-9-6-13-8-15-16(14(13)7-10(9)2)11(3)5-12(4)17-15;1-9-5-13-7-15-16(14(13)6-10(9)2)12(4)11(3)8-17-15;1-9-5-13-8-16-15(14(13)6-10(9)2)7-11(3)12(4)17-16;1-9-7-13-8-15-14(6-5-10(2)17-15)16(13)12(4)11(9)3;1-9-5-4-6-12-8-13-7-10(2)11(3)16-15(13)14(9)12;1-9-10(2)14-8-12-6-4-5-7-13(12)15(14)16-11(9)3;1-9-7-12-8-11-5-3-4-6-13(11)14(12)15-10(9)2/h5-7H,8H2,1-4H3;5-6,8H,7H2,1-4H3;2*5-7H,8H2,1-4H3;2*4-7H,8H2,1-3H3;3-7H,8H2,1-2H3. The van der Waals surface area contributed by atoms with Crippen molar-refractivity contribution in [3.05, 3.63) is 365 Å². The summed E-state index contributed by atoms with van der Waals surface area (Å²) in [5, 5.41) is 0. The van der Waals surface area contributed by atoms with E-state index in [1.807, 2.05) is 6.20 Å². The second kappa shape index (κ2) is 31.4. The van der Waals surface area contributed by atoms with Gasteiger partial charge in [-0.25, -0.2) is 0 Å². The van der Waals surface area contributed by atoms with Crippen LogP contribution in [0.1, 0.15) is 213 Å². The van der Waals surface area contributed by atoms with E-state index in [4.69, 9.17) is 19.9 Å². The molecule has 0 unspecified atom stereocenters. The van der Waals surface area contributed by atoms with Crippen molar-refractivity contribution in [1.82, 2.24) is 34.9 Å². The molecule has 7 aromatic heterocycles. The van der Waals surface area contributed by atoms with Crippen LogP contribution < -0.4 is 0 Å². The zero-order valence-corrected chi connectivity index (χ0v) is 72.5. The second-order valence-electron chi connectivity index (χ2n) is 34.1. The minimum absolute atomic E-state index is 0.993. The van der Waals surface area contributed by atoms with Crippen LogP contribution in [0, 0.1) is 166 Å². The van der Waals surface area contributed by atoms with Crippen LogP contribution in [0.3, 0.4) is 0 Å². The Morgan fingerprint density at radius 2 is 0.670 bits per heavy atom. The summed E-state index contributed by atoms with van der Waals surface area (Å²) in [5.74, 6) is 0. The number of fused-ring (bicyclic) bond motifs is 21. The van der Waals surface area contributed by atoms with Crippen LogP contribution in [0.4, 0.5) is 0 Å². The van der Waals surface area contributed by atoms with Crippen LogP contribution in [-0.4, -0.2) is 34.9 Å². The monoisotopic (exact) mass is 1510 g/mol. The van der Waals surface area contributed by atoms with Crippen molar-refractivity contribution < 1.29 is 0 Å². The van der Waals surface area contributed by atoms with E-state index in [9.17, 15) is 0 Å². The first-order chi connectivity index (χ1) is 54.9. The van der Waals surface area contributed by atoms with Crippen molar-refractivity contribution in [3.8, 4) is 78.3 Å². The molecule has 0 spiro atoms. The van der Waals surface area contributed by atoms with Crippen molar-refractivity contribution in [3.63, 3.8) is 0 Å². The van der Waals surface area contributed by atoms with E-state index in [0.717, 1.165) is 79.1 Å². The molecule has 0 fully saturated rings. The zero-order valence-electron chi connectivity index (χ0n) is 72.5. The molecule has 14 aromatic rings. The lowest BCUT2D eigenvalue weighted by atomic mass is 9.93. The minimum Gasteiger partial charge on any atom is -0.260 e. The molecule has 7 aliphatic carbocycles. The number of nitrogens with zero attached hydrogens (tertiary/aromatic N) is 7. The van der Waals surface area contributed by atoms with E-state index in [0.29, 0.717) is 0 Å². The molecule has 21 rings (SSSR count). The summed E-state index contributed by atoms with van der Waals surface area (Å²) in [6, 6.07) is 53.3. The molecule has 0 aliphatic heterocycles. The molecule has 0 saturated heterocycles. The fourth-order valence-electron chi connectivity index (χ4n) is 18.2. The topological polar surface area (TPSA) is 90.2 Å². The number of hydrogen-bond donors (Lipinski definition) is 0. The molecule has 7 heteroatoms. The molecular weight excluding hydrogens is 1400 g/mol. The van der Waals surface area contributed by atoms with E-state index < -0.39 is 0 Å². The van der Waals surface area contributed by atoms with Crippen molar-refractivity contribution in [2.24, 2.45) is 0 Å². The normalized spacial score (nSPS) is 12.5. The average molecular weight is 1510 g/mol. The maximum absolute atomic E-state index is 4.76. The zero-order chi connectivity index (χ0) is 81.6. The fraction of sp³-hybridized carbons (Fsp3) is 0.287. The Labute approximate surface area is 684 Å². The number of aromatic nitrogens is 7. The first-order valence-corrected chi connectivity index (χ1v) is 41.3. The van der Waals surface area contributed by atoms with Crippen LogP contribution in [0.5, 0.6) is 0 Å². The predicted molar refractivity (Wildman–Crippen MR) is 481 cm³/mol. The summed E-state index contributed by atoms with van der Waals surface area (Å²) in [6.45, 7) is 51.8. The van der Waals surface area contributed by atoms with Gasteiger partial charge in [-0.15, -0.1) is 0 Å². The molecule has 7 heterocycles. The third-order valence-corrected chi connectivity index (χ3v) is 26.2. The highest BCUT2D eigenvalue weighted by Crippen LogP contribution is 2.46. The summed E-state index contributed by atoms with van der Waals surface area (Å²) in [4.78, 5) is 32.9. The van der Waals surface area contributed by atoms with Crippen molar-refractivity contribution in [2.45, 2.75) is 211 Å². The highest BCUT2D eigenvalue weighted by Gasteiger charge is 2.29. The first kappa shape index (κ1) is 78.8. The third kappa shape index (κ3) is 15.1. The van der Waals surface area contributed by atoms with E-state index in [2.05, 4.69) is 327 Å². The molecule has 7 aromatic carbocycles. The quantitative estimate of drug-likeness (QED) is 0.149. The van der Waals surface area contributed by atoms with E-state index in [-0.39, 0.29) is 0 Å². The Hall–Kier alpha value is -11.4. The van der Waals surface area contributed by atoms with Gasteiger partial charge in [-0.1, -0.05) is 127 Å². The van der Waals surface area contributed by atoms with Crippen LogP contribution in [0.2, 0.25) is 0 Å². The summed E-state index contributed by atoms with van der Waals surface area (Å²) < 4.78 is 0. The first-order valence-electron chi connectivity index (χ1n) is 41.3. The Morgan fingerprint density at radius 1 is 0.200 bits per heavy atom. The molecule has 0 amide bonds. The molecule has 578 valence electrons. The minimum atomic E-state index is 0.993. The Bertz CT molecular complexity index is 6300. The van der Waals surface area contributed by atoms with Crippen molar-refractivity contribution in [1.29, 1.82) is 0 Å². The summed E-state index contributed by atoms with van der Waals surface area (Å²) in [6.07, 6.45) is 9.10. The van der Waals surface area contributed by atoms with E-state index in [1.165, 1.54) is 257 Å². The Balaban J connectivity index is 0.000000106. The molecule has 7 nitrogen and oxygen atoms in total. The van der Waals surface area contributed by atoms with E-state index >= 15 is 0 Å². The Kier molecular flexibility index (Phi) is 21.5. The van der Waals surface area contributed by atoms with Gasteiger partial charge in [0.1, 0.15) is 0 Å². The van der Waals surface area contributed by atoms with Gasteiger partial charge in [0.15, 0.2) is 0 Å². The molecule has 0 N–H and O–H groups in total. The van der Waals surface area contributed by atoms with Crippen molar-refractivity contribution >= 4 is 0 Å². The van der Waals surface area contributed by atoms with Gasteiger partial charge in [-0.05, 0) is 362 Å². The van der Waals surface area contributed by atoms with Gasteiger partial charge in [0, 0.05) is 124 Å². The predicted octanol–water partition coefficient (Wildman–Crippen LogP) is 26.0. The lowest BCUT2D eigenvalue weighted by Crippen LogP contribution is -1.97. The van der Waals surface area contributed by atoms with Gasteiger partial charge in [-0.3, -0.25) is 34.9 Å². The SMILES string of the molecule is Cc1cc(C)c2c(n1)Cc1cc(C)c(C)cc1-2.Cc1cc2c(cc1C)-c1c(ncc(C)c1C)C2.Cc1cc2c(cc1C)-c1cc(C)c(C)nc1C2.Cc1cc2c(nc1C)-c1c(C)cccc1C2.Cc1cc2c(nc1C)-c1ccccc1C2.Cc1ccc2c(n1)Cc1cc(C)c(C)c(C)c1-2.Cc1nc2c(c(C)c1C)Cc1ccccc1-2. The van der Waals surface area contributed by atoms with Crippen LogP contribution in [0.15, 0.2) is 152 Å². The molecule has 115 heavy (non-hydrogen) atoms. The smallest absolute Gasteiger partial charge is 0.0746 e. The second-order valence-corrected chi connectivity index (χ2v) is 34.1. The molecular formula is C108H111N7. The van der Waals surface area contributed by atoms with Crippen LogP contribution in [0.25, 0.3) is 78.3 Å². The van der Waals surface area contributed by atoms with Crippen LogP contribution >= 0.6 is 0 Å². The molecule has 0 radical (unpaired) electrons. The number of benzene rings is 7. The average Bonchev–Trinajstić information content (AvgIpc) is 1.65. The molecule has 0 bridgehead atoms. The van der Waals surface area contributed by atoms with Gasteiger partial charge in [-0.2, -0.15) is 0 Å². The Morgan fingerprint density at radius 3 is 1.33 bits per heavy atom. The molecule has 0 saturated carbocycles. The number of hydrogen-bond acceptors (Lipinski definition) is 7. The van der Waals surface area contributed by atoms with E-state index in [1.54, 1.807) is 0 Å². The van der Waals surface area contributed by atoms with Gasteiger partial charge >= 0.3 is 0 Å². The largest absolute Gasteiger partial charge is 0.260 e. The summed E-state index contributed by atoms with van der Waals surface area (Å²) in [7, 11) is 0. The highest BCUT2D eigenvalue weighted by molar-refractivity contribution is 5.84. The molecule has 7 aliphatic rings. The lowest BCUT2D eigenvalue weighted by Gasteiger charge is -2.11. The lowest BCUT2D eigenvalue weighted by molar-refractivity contribution is 1.05. The maximum Gasteiger partial charge on any atom is 0.0746 e. The highest BCUT2D eigenvalue weighted by atomic mass is 14.8. The van der Waals surface area contributed by atoms with Gasteiger partial charge in [0.2, 0.25) is 0 Å². The van der Waals surface area contributed by atoms with Gasteiger partial charge in [0.05, 0.1) is 39.9 Å². The fourth-order valence-corrected chi connectivity index (χ4v) is 18.2. The van der Waals surface area contributed by atoms with Gasteiger partial charge in [0.25, 0.3) is 0 Å². The summed E-state index contributed by atoms with van der Waals surface area (Å²) in [5.41, 5.74) is 69.1. The third-order valence-electron chi connectivity index (χ3n) is 26.2. The summed E-state index contributed by atoms with van der Waals surface area (Å²) >= 11 is 0. The number of pyridine rings is 7. The van der Waals surface area contributed by atoms with Crippen molar-refractivity contribution in [2.75, 3.05) is 0 Å². The molecule has 0 atom stereocenters. The van der Waals surface area contributed by atoms with Gasteiger partial charge < -0.3 is 0 Å². The number of rotatable bonds is 0. The maximum atomic E-state index is 4.76.